The Morgan fingerprint density at radius 1 is 1.82 bits per heavy atom. The first-order valence-electron chi connectivity index (χ1n) is 3.03. The van der Waals surface area contributed by atoms with Crippen molar-refractivity contribution in [3.8, 4) is 0 Å². The van der Waals surface area contributed by atoms with E-state index >= 15 is 0 Å². The number of rotatable bonds is 1. The molecule has 0 atom stereocenters. The highest BCUT2D eigenvalue weighted by molar-refractivity contribution is 5.85. The molecule has 0 bridgehead atoms. The van der Waals surface area contributed by atoms with Crippen molar-refractivity contribution < 1.29 is 14.6 Å². The van der Waals surface area contributed by atoms with E-state index in [2.05, 4.69) is 0 Å². The lowest BCUT2D eigenvalue weighted by molar-refractivity contribution is -0.611. The van der Waals surface area contributed by atoms with Gasteiger partial charge in [0.25, 0.3) is 11.5 Å². The van der Waals surface area contributed by atoms with Crippen LogP contribution in [0.1, 0.15) is 16.3 Å². The van der Waals surface area contributed by atoms with Crippen LogP contribution in [0.15, 0.2) is 6.20 Å². The zero-order valence-electron chi connectivity index (χ0n) is 6.24. The van der Waals surface area contributed by atoms with Crippen LogP contribution in [0.5, 0.6) is 0 Å². The van der Waals surface area contributed by atoms with Gasteiger partial charge >= 0.3 is 5.97 Å². The van der Waals surface area contributed by atoms with Gasteiger partial charge in [0.15, 0.2) is 0 Å². The molecular formula is C6H8N2O3. The van der Waals surface area contributed by atoms with Gasteiger partial charge in [-0.1, -0.05) is 0 Å². The molecular weight excluding hydrogens is 148 g/mol. The zero-order valence-corrected chi connectivity index (χ0v) is 6.24. The number of carboxylic acids is 1. The fourth-order valence-electron chi connectivity index (χ4n) is 0.812. The second-order valence-electron chi connectivity index (χ2n) is 2.25. The van der Waals surface area contributed by atoms with Crippen LogP contribution in [0.25, 0.3) is 0 Å². The van der Waals surface area contributed by atoms with Gasteiger partial charge in [-0.15, -0.1) is 0 Å². The molecule has 0 aromatic carbocycles. The Bertz CT molecular complexity index is 303. The van der Waals surface area contributed by atoms with Gasteiger partial charge in [0, 0.05) is 6.92 Å². The van der Waals surface area contributed by atoms with E-state index in [-0.39, 0.29) is 5.69 Å². The molecule has 5 nitrogen and oxygen atoms in total. The van der Waals surface area contributed by atoms with E-state index in [1.54, 1.807) is 6.92 Å². The first-order chi connectivity index (χ1) is 5.04. The highest BCUT2D eigenvalue weighted by Crippen LogP contribution is 1.98. The average Bonchev–Trinajstić information content (AvgIpc) is 2.17. The van der Waals surface area contributed by atoms with Gasteiger partial charge in [0.1, 0.15) is 6.20 Å². The third-order valence-corrected chi connectivity index (χ3v) is 1.62. The molecule has 1 aromatic heterocycles. The smallest absolute Gasteiger partial charge is 0.379 e. The number of aromatic carboxylic acids is 1. The Balaban J connectivity index is 3.29. The van der Waals surface area contributed by atoms with E-state index in [1.165, 1.54) is 11.6 Å². The van der Waals surface area contributed by atoms with Crippen molar-refractivity contribution in [2.24, 2.45) is 7.05 Å². The molecule has 0 radical (unpaired) electrons. The minimum Gasteiger partial charge on any atom is -0.711 e. The maximum absolute atomic E-state index is 10.8. The molecule has 0 aliphatic carbocycles. The number of carbonyl (C=O) groups is 1. The van der Waals surface area contributed by atoms with E-state index in [9.17, 15) is 10.0 Å². The summed E-state index contributed by atoms with van der Waals surface area (Å²) in [6.07, 6.45) is 1.04. The molecule has 1 N–H and O–H groups in total. The fourth-order valence-corrected chi connectivity index (χ4v) is 0.812. The Kier molecular flexibility index (Phi) is 1.56. The number of imidazole rings is 1. The predicted molar refractivity (Wildman–Crippen MR) is 36.1 cm³/mol. The molecule has 5 heteroatoms. The number of aromatic nitrogens is 2. The maximum Gasteiger partial charge on any atom is 0.379 e. The minimum atomic E-state index is -1.09. The van der Waals surface area contributed by atoms with Crippen LogP contribution in [-0.4, -0.2) is 15.6 Å². The quantitative estimate of drug-likeness (QED) is 0.447. The van der Waals surface area contributed by atoms with Gasteiger partial charge < -0.3 is 10.3 Å². The molecule has 0 saturated carbocycles. The summed E-state index contributed by atoms with van der Waals surface area (Å²) in [6, 6.07) is 0. The monoisotopic (exact) mass is 156 g/mol. The molecule has 0 aliphatic rings. The summed E-state index contributed by atoms with van der Waals surface area (Å²) in [5.41, 5.74) is -0.00231. The summed E-state index contributed by atoms with van der Waals surface area (Å²) in [4.78, 5) is 10.4. The Hall–Kier alpha value is -1.52. The minimum absolute atomic E-state index is 0.00231. The van der Waals surface area contributed by atoms with Crippen LogP contribution < -0.4 is 4.73 Å². The summed E-state index contributed by atoms with van der Waals surface area (Å²) in [6.45, 7) is 1.56. The van der Waals surface area contributed by atoms with Crippen molar-refractivity contribution >= 4 is 5.97 Å². The first-order valence-corrected chi connectivity index (χ1v) is 3.03. The molecule has 0 fully saturated rings. The van der Waals surface area contributed by atoms with Crippen molar-refractivity contribution in [2.45, 2.75) is 6.92 Å². The Labute approximate surface area is 63.1 Å². The second kappa shape index (κ2) is 2.26. The highest BCUT2D eigenvalue weighted by Gasteiger charge is 2.18. The molecule has 0 spiro atoms. The summed E-state index contributed by atoms with van der Waals surface area (Å²) in [5, 5.41) is 19.3. The normalized spacial score (nSPS) is 10.0. The summed E-state index contributed by atoms with van der Waals surface area (Å²) < 4.78 is 1.86. The van der Waals surface area contributed by atoms with Crippen LogP contribution >= 0.6 is 0 Å². The summed E-state index contributed by atoms with van der Waals surface area (Å²) in [7, 11) is 1.53. The number of carboxylic acid groups (broad SMARTS) is 1. The van der Waals surface area contributed by atoms with Gasteiger partial charge in [-0.2, -0.15) is 0 Å². The van der Waals surface area contributed by atoms with E-state index < -0.39 is 5.97 Å². The van der Waals surface area contributed by atoms with Crippen molar-refractivity contribution in [2.75, 3.05) is 0 Å². The summed E-state index contributed by atoms with van der Waals surface area (Å²) >= 11 is 0. The lowest BCUT2D eigenvalue weighted by Gasteiger charge is -1.95. The first kappa shape index (κ1) is 7.59. The molecule has 0 saturated heterocycles. The molecule has 1 rings (SSSR count). The third kappa shape index (κ3) is 1.04. The Morgan fingerprint density at radius 2 is 2.36 bits per heavy atom. The number of hydrogen-bond acceptors (Lipinski definition) is 2. The molecule has 1 heterocycles. The van der Waals surface area contributed by atoms with Gasteiger partial charge in [0.2, 0.25) is 0 Å². The van der Waals surface area contributed by atoms with Gasteiger partial charge in [0.05, 0.1) is 7.05 Å². The lowest BCUT2D eigenvalue weighted by Crippen LogP contribution is -2.27. The lowest BCUT2D eigenvalue weighted by atomic mass is 10.5. The van der Waals surface area contributed by atoms with Gasteiger partial charge in [-0.05, 0) is 0 Å². The van der Waals surface area contributed by atoms with Crippen molar-refractivity contribution in [3.63, 3.8) is 0 Å². The number of nitrogens with zero attached hydrogens (tertiary/aromatic N) is 2. The summed E-state index contributed by atoms with van der Waals surface area (Å²) in [5.74, 6) is -0.729. The van der Waals surface area contributed by atoms with Crippen molar-refractivity contribution in [1.29, 1.82) is 0 Å². The standard InChI is InChI=1S/C6H8N2O3/c1-4-7(2)5(6(9)10)3-8(4)11/h3H,1-2H3,(H,9,10). The molecule has 1 aromatic rings. The van der Waals surface area contributed by atoms with Crippen LogP contribution in [0.3, 0.4) is 0 Å². The molecule has 11 heavy (non-hydrogen) atoms. The van der Waals surface area contributed by atoms with Gasteiger partial charge in [-0.25, -0.2) is 14.1 Å². The van der Waals surface area contributed by atoms with E-state index in [4.69, 9.17) is 5.11 Å². The highest BCUT2D eigenvalue weighted by atomic mass is 16.5. The van der Waals surface area contributed by atoms with Crippen LogP contribution in [-0.2, 0) is 7.05 Å². The third-order valence-electron chi connectivity index (χ3n) is 1.62. The number of hydrogen-bond donors (Lipinski definition) is 1. The molecule has 0 aliphatic heterocycles. The molecule has 0 unspecified atom stereocenters. The van der Waals surface area contributed by atoms with Crippen molar-refractivity contribution in [3.05, 3.63) is 22.9 Å². The van der Waals surface area contributed by atoms with E-state index in [1.807, 2.05) is 0 Å². The largest absolute Gasteiger partial charge is 0.711 e. The van der Waals surface area contributed by atoms with Gasteiger partial charge in [-0.3, -0.25) is 0 Å². The molecule has 60 valence electrons. The average molecular weight is 156 g/mol. The fraction of sp³-hybridized carbons (Fsp3) is 0.333. The Morgan fingerprint density at radius 3 is 2.55 bits per heavy atom. The van der Waals surface area contributed by atoms with Crippen LogP contribution in [0.4, 0.5) is 0 Å². The topological polar surface area (TPSA) is 69.2 Å². The predicted octanol–water partition coefficient (Wildman–Crippen LogP) is -0.335. The maximum atomic E-state index is 10.8. The van der Waals surface area contributed by atoms with E-state index in [0.717, 1.165) is 6.20 Å². The van der Waals surface area contributed by atoms with Crippen LogP contribution in [0, 0.1) is 12.1 Å². The SMILES string of the molecule is Cc1n(C)c(C(=O)O)c[n+]1[O-]. The molecule has 0 amide bonds. The van der Waals surface area contributed by atoms with Crippen molar-refractivity contribution in [1.82, 2.24) is 4.57 Å². The second-order valence-corrected chi connectivity index (χ2v) is 2.25. The van der Waals surface area contributed by atoms with Crippen LogP contribution in [0.2, 0.25) is 0 Å². The zero-order chi connectivity index (χ0) is 8.59. The van der Waals surface area contributed by atoms with E-state index in [0.29, 0.717) is 10.6 Å².